The van der Waals surface area contributed by atoms with E-state index < -0.39 is 0 Å². The maximum atomic E-state index is 2.46. The standard InChI is InChI=1S/C74H44/c1-3-15-47-37-49(27-25-45(47)13-1)51-29-31-53-41-69(59-19-7-5-17-57(59)67(53)39-51)55-33-35-65-71(43-55)61-21-9-11-23-63(61)74-66-36-34-56(44-72(66)62-22-10-12-24-64(62)73(65)74)70-42-54-32-30-52(40-68(54)58-18-6-8-20-60(58)70)50-28-26-46-14-2-4-16-48(46)38-50/h1-44H. The summed E-state index contributed by atoms with van der Waals surface area (Å²) in [5.74, 6) is 0. The van der Waals surface area contributed by atoms with Crippen molar-refractivity contribution in [1.82, 2.24) is 0 Å². The molecule has 0 fully saturated rings. The fourth-order valence-corrected chi connectivity index (χ4v) is 12.8. The Morgan fingerprint density at radius 3 is 0.838 bits per heavy atom. The van der Waals surface area contributed by atoms with Gasteiger partial charge in [-0.25, -0.2) is 0 Å². The van der Waals surface area contributed by atoms with E-state index in [9.17, 15) is 0 Å². The minimum Gasteiger partial charge on any atom is -0.0616 e. The molecule has 0 aliphatic rings. The lowest BCUT2D eigenvalue weighted by Crippen LogP contribution is -1.91. The fourth-order valence-electron chi connectivity index (χ4n) is 12.8. The molecule has 0 nitrogen and oxygen atoms in total. The first kappa shape index (κ1) is 41.0. The van der Waals surface area contributed by atoms with Crippen LogP contribution in [-0.4, -0.2) is 0 Å². The van der Waals surface area contributed by atoms with Crippen molar-refractivity contribution < 1.29 is 0 Å². The summed E-state index contributed by atoms with van der Waals surface area (Å²) >= 11 is 0. The van der Waals surface area contributed by atoms with E-state index in [0.717, 1.165) is 0 Å². The lowest BCUT2D eigenvalue weighted by atomic mass is 9.84. The first-order chi connectivity index (χ1) is 36.7. The van der Waals surface area contributed by atoms with Crippen molar-refractivity contribution in [3.05, 3.63) is 267 Å². The van der Waals surface area contributed by atoms with Crippen LogP contribution in [-0.2, 0) is 0 Å². The summed E-state index contributed by atoms with van der Waals surface area (Å²) in [4.78, 5) is 0. The molecule has 0 N–H and O–H groups in total. The summed E-state index contributed by atoms with van der Waals surface area (Å²) in [6, 6.07) is 100. The molecule has 16 aromatic carbocycles. The van der Waals surface area contributed by atoms with Gasteiger partial charge in [0, 0.05) is 0 Å². The molecule has 0 unspecified atom stereocenters. The first-order valence-corrected chi connectivity index (χ1v) is 25.8. The van der Waals surface area contributed by atoms with E-state index in [1.807, 2.05) is 0 Å². The summed E-state index contributed by atoms with van der Waals surface area (Å²) in [6.07, 6.45) is 0. The molecule has 0 atom stereocenters. The van der Waals surface area contributed by atoms with Crippen LogP contribution >= 0.6 is 0 Å². The van der Waals surface area contributed by atoms with Gasteiger partial charge in [0.1, 0.15) is 0 Å². The third kappa shape index (κ3) is 6.22. The highest BCUT2D eigenvalue weighted by Crippen LogP contribution is 2.47. The average Bonchev–Trinajstić information content (AvgIpc) is 3.53. The molecule has 0 bridgehead atoms. The molecule has 74 heavy (non-hydrogen) atoms. The maximum Gasteiger partial charge on any atom is -0.00139 e. The summed E-state index contributed by atoms with van der Waals surface area (Å²) in [5.41, 5.74) is 9.88. The zero-order valence-corrected chi connectivity index (χ0v) is 40.4. The molecular weight excluding hydrogens is 889 g/mol. The number of benzene rings is 16. The second kappa shape index (κ2) is 15.9. The van der Waals surface area contributed by atoms with Gasteiger partial charge in [-0.05, 0) is 212 Å². The van der Waals surface area contributed by atoms with Crippen molar-refractivity contribution in [3.8, 4) is 44.5 Å². The molecule has 0 aromatic heterocycles. The molecule has 16 rings (SSSR count). The molecule has 0 aliphatic heterocycles. The normalized spacial score (nSPS) is 12.1. The molecular formula is C74H44. The van der Waals surface area contributed by atoms with Gasteiger partial charge in [0.25, 0.3) is 0 Å². The first-order valence-electron chi connectivity index (χ1n) is 25.8. The van der Waals surface area contributed by atoms with E-state index in [0.29, 0.717) is 0 Å². The van der Waals surface area contributed by atoms with Gasteiger partial charge in [0.15, 0.2) is 0 Å². The van der Waals surface area contributed by atoms with E-state index in [1.54, 1.807) is 0 Å². The van der Waals surface area contributed by atoms with Gasteiger partial charge in [-0.2, -0.15) is 0 Å². The lowest BCUT2D eigenvalue weighted by molar-refractivity contribution is 1.67. The van der Waals surface area contributed by atoms with Crippen molar-refractivity contribution in [3.63, 3.8) is 0 Å². The van der Waals surface area contributed by atoms with Crippen LogP contribution in [0, 0.1) is 0 Å². The molecule has 16 aromatic rings. The summed E-state index contributed by atoms with van der Waals surface area (Å²) in [6.45, 7) is 0. The number of hydrogen-bond donors (Lipinski definition) is 0. The monoisotopic (exact) mass is 932 g/mol. The Kier molecular flexibility index (Phi) is 8.84. The molecule has 0 saturated carbocycles. The van der Waals surface area contributed by atoms with Crippen LogP contribution in [0.4, 0.5) is 0 Å². The second-order valence-corrected chi connectivity index (χ2v) is 20.3. The van der Waals surface area contributed by atoms with E-state index in [1.165, 1.54) is 163 Å². The zero-order chi connectivity index (χ0) is 48.4. The molecule has 0 radical (unpaired) electrons. The van der Waals surface area contributed by atoms with Gasteiger partial charge in [-0.15, -0.1) is 0 Å². The molecule has 0 spiro atoms. The van der Waals surface area contributed by atoms with Crippen LogP contribution in [0.3, 0.4) is 0 Å². The van der Waals surface area contributed by atoms with Crippen LogP contribution in [0.2, 0.25) is 0 Å². The number of hydrogen-bond acceptors (Lipinski definition) is 0. The minimum atomic E-state index is 1.22. The SMILES string of the molecule is c1ccc2cc(-c3ccc4cc(-c5ccc6c(c5)c5ccccc5c5c7ccc(-c8cc9ccc(-c%10ccc%11ccccc%11c%10)cc9c9ccccc89)cc7c7ccccc7c65)c5ccccc5c4c3)ccc2c1. The second-order valence-electron chi connectivity index (χ2n) is 20.3. The summed E-state index contributed by atoms with van der Waals surface area (Å²) in [5, 5.41) is 27.9. The van der Waals surface area contributed by atoms with E-state index in [-0.39, 0.29) is 0 Å². The Morgan fingerprint density at radius 1 is 0.135 bits per heavy atom. The van der Waals surface area contributed by atoms with Crippen molar-refractivity contribution >= 4 is 118 Å². The van der Waals surface area contributed by atoms with Gasteiger partial charge in [-0.1, -0.05) is 218 Å². The molecule has 340 valence electrons. The summed E-state index contributed by atoms with van der Waals surface area (Å²) < 4.78 is 0. The Bertz CT molecular complexity index is 4750. The van der Waals surface area contributed by atoms with Crippen molar-refractivity contribution in [2.75, 3.05) is 0 Å². The predicted molar refractivity (Wildman–Crippen MR) is 321 cm³/mol. The van der Waals surface area contributed by atoms with Crippen molar-refractivity contribution in [2.24, 2.45) is 0 Å². The van der Waals surface area contributed by atoms with Crippen molar-refractivity contribution in [1.29, 1.82) is 0 Å². The van der Waals surface area contributed by atoms with Gasteiger partial charge in [0.05, 0.1) is 0 Å². The van der Waals surface area contributed by atoms with Gasteiger partial charge >= 0.3 is 0 Å². The highest BCUT2D eigenvalue weighted by atomic mass is 14.2. The topological polar surface area (TPSA) is 0 Å². The molecule has 0 heterocycles. The third-order valence-corrected chi connectivity index (χ3v) is 16.3. The molecule has 0 saturated heterocycles. The highest BCUT2D eigenvalue weighted by molar-refractivity contribution is 6.40. The highest BCUT2D eigenvalue weighted by Gasteiger charge is 2.19. The van der Waals surface area contributed by atoms with E-state index >= 15 is 0 Å². The zero-order valence-electron chi connectivity index (χ0n) is 40.4. The smallest absolute Gasteiger partial charge is 0.00139 e. The van der Waals surface area contributed by atoms with Gasteiger partial charge in [-0.3, -0.25) is 0 Å². The summed E-state index contributed by atoms with van der Waals surface area (Å²) in [7, 11) is 0. The molecule has 0 amide bonds. The number of rotatable bonds is 4. The Balaban J connectivity index is 0.868. The van der Waals surface area contributed by atoms with Gasteiger partial charge < -0.3 is 0 Å². The maximum absolute atomic E-state index is 2.46. The molecule has 0 aliphatic carbocycles. The molecule has 0 heteroatoms. The fraction of sp³-hybridized carbons (Fsp3) is 0. The third-order valence-electron chi connectivity index (χ3n) is 16.3. The van der Waals surface area contributed by atoms with Crippen LogP contribution in [0.15, 0.2) is 267 Å². The Labute approximate surface area is 427 Å². The Hall–Kier alpha value is -9.62. The minimum absolute atomic E-state index is 1.22. The predicted octanol–water partition coefficient (Wildman–Crippen LogP) is 21.0. The van der Waals surface area contributed by atoms with Crippen LogP contribution in [0.5, 0.6) is 0 Å². The van der Waals surface area contributed by atoms with Crippen LogP contribution in [0.25, 0.3) is 163 Å². The largest absolute Gasteiger partial charge is 0.0616 e. The van der Waals surface area contributed by atoms with Gasteiger partial charge in [0.2, 0.25) is 0 Å². The van der Waals surface area contributed by atoms with E-state index in [4.69, 9.17) is 0 Å². The van der Waals surface area contributed by atoms with E-state index in [2.05, 4.69) is 267 Å². The van der Waals surface area contributed by atoms with Crippen molar-refractivity contribution in [2.45, 2.75) is 0 Å². The number of fused-ring (bicyclic) bond motifs is 19. The Morgan fingerprint density at radius 2 is 0.419 bits per heavy atom. The van der Waals surface area contributed by atoms with Crippen LogP contribution < -0.4 is 0 Å². The quantitative estimate of drug-likeness (QED) is 0.154. The van der Waals surface area contributed by atoms with Crippen LogP contribution in [0.1, 0.15) is 0 Å². The lowest BCUT2D eigenvalue weighted by Gasteiger charge is -2.19. The average molecular weight is 933 g/mol.